The molecule has 3 nitrogen and oxygen atoms in total. The average molecular weight is 215 g/mol. The normalized spacial score (nSPS) is 19.1. The summed E-state index contributed by atoms with van der Waals surface area (Å²) in [5.41, 5.74) is 0.971. The van der Waals surface area contributed by atoms with Crippen LogP contribution in [0.4, 0.5) is 0 Å². The fraction of sp³-hybridized carbons (Fsp3) is 0.462. The first-order chi connectivity index (χ1) is 7.66. The van der Waals surface area contributed by atoms with E-state index in [1.54, 1.807) is 0 Å². The molecule has 0 saturated carbocycles. The van der Waals surface area contributed by atoms with Crippen molar-refractivity contribution in [3.8, 4) is 6.07 Å². The van der Waals surface area contributed by atoms with Crippen molar-refractivity contribution in [2.24, 2.45) is 0 Å². The van der Waals surface area contributed by atoms with Gasteiger partial charge in [-0.25, -0.2) is 0 Å². The first-order valence-electron chi connectivity index (χ1n) is 5.51. The number of rotatable bonds is 3. The summed E-state index contributed by atoms with van der Waals surface area (Å²) in [5.74, 6) is 0. The Kier molecular flexibility index (Phi) is 2.95. The van der Waals surface area contributed by atoms with E-state index in [4.69, 9.17) is 0 Å². The van der Waals surface area contributed by atoms with Gasteiger partial charge in [-0.1, -0.05) is 30.3 Å². The van der Waals surface area contributed by atoms with E-state index in [0.717, 1.165) is 19.6 Å². The van der Waals surface area contributed by atoms with Crippen LogP contribution in [0.1, 0.15) is 5.56 Å². The molecule has 1 fully saturated rings. The molecular formula is C13H17N3. The Bertz CT molecular complexity index is 387. The van der Waals surface area contributed by atoms with Crippen LogP contribution in [0.2, 0.25) is 0 Å². The van der Waals surface area contributed by atoms with Gasteiger partial charge in [0.1, 0.15) is 5.54 Å². The van der Waals surface area contributed by atoms with Crippen molar-refractivity contribution in [1.29, 1.82) is 5.26 Å². The Labute approximate surface area is 96.9 Å². The van der Waals surface area contributed by atoms with E-state index >= 15 is 0 Å². The van der Waals surface area contributed by atoms with Gasteiger partial charge in [-0.05, 0) is 19.7 Å². The van der Waals surface area contributed by atoms with Crippen LogP contribution in [0.25, 0.3) is 0 Å². The van der Waals surface area contributed by atoms with Gasteiger partial charge in [0.2, 0.25) is 0 Å². The van der Waals surface area contributed by atoms with Crippen LogP contribution in [-0.2, 0) is 6.54 Å². The largest absolute Gasteiger partial charge is 0.300 e. The van der Waals surface area contributed by atoms with E-state index in [-0.39, 0.29) is 5.54 Å². The van der Waals surface area contributed by atoms with Crippen molar-refractivity contribution in [1.82, 2.24) is 9.80 Å². The second-order valence-electron chi connectivity index (χ2n) is 4.66. The molecule has 1 aliphatic heterocycles. The molecule has 2 rings (SSSR count). The number of nitrogens with zero attached hydrogens (tertiary/aromatic N) is 3. The highest BCUT2D eigenvalue weighted by atomic mass is 15.3. The molecule has 0 N–H and O–H groups in total. The first kappa shape index (κ1) is 11.1. The highest BCUT2D eigenvalue weighted by Gasteiger charge is 2.44. The van der Waals surface area contributed by atoms with Crippen LogP contribution in [-0.4, -0.2) is 42.5 Å². The second kappa shape index (κ2) is 4.25. The lowest BCUT2D eigenvalue weighted by molar-refractivity contribution is 0.0108. The van der Waals surface area contributed by atoms with Crippen LogP contribution in [0, 0.1) is 11.3 Å². The summed E-state index contributed by atoms with van der Waals surface area (Å²) >= 11 is 0. The molecule has 0 radical (unpaired) electrons. The van der Waals surface area contributed by atoms with Crippen LogP contribution >= 0.6 is 0 Å². The van der Waals surface area contributed by atoms with Crippen molar-refractivity contribution in [3.05, 3.63) is 35.9 Å². The molecule has 0 unspecified atom stereocenters. The highest BCUT2D eigenvalue weighted by molar-refractivity contribution is 5.20. The molecule has 16 heavy (non-hydrogen) atoms. The van der Waals surface area contributed by atoms with E-state index < -0.39 is 0 Å². The van der Waals surface area contributed by atoms with Gasteiger partial charge in [-0.2, -0.15) is 5.26 Å². The minimum absolute atomic E-state index is 0.287. The molecule has 0 aromatic heterocycles. The summed E-state index contributed by atoms with van der Waals surface area (Å²) in [4.78, 5) is 4.33. The fourth-order valence-electron chi connectivity index (χ4n) is 2.25. The standard InChI is InChI=1S/C13H17N3/c1-15-10-13(9-14,11-15)16(2)8-12-6-4-3-5-7-12/h3-7H,8,10-11H2,1-2H3. The van der Waals surface area contributed by atoms with Crippen LogP contribution in [0.5, 0.6) is 0 Å². The van der Waals surface area contributed by atoms with Crippen LogP contribution in [0.15, 0.2) is 30.3 Å². The molecule has 0 amide bonds. The van der Waals surface area contributed by atoms with Crippen molar-refractivity contribution in [3.63, 3.8) is 0 Å². The van der Waals surface area contributed by atoms with E-state index in [9.17, 15) is 5.26 Å². The molecule has 0 bridgehead atoms. The third kappa shape index (κ3) is 1.95. The van der Waals surface area contributed by atoms with Crippen molar-refractivity contribution in [2.45, 2.75) is 12.1 Å². The summed E-state index contributed by atoms with van der Waals surface area (Å²) < 4.78 is 0. The predicted octanol–water partition coefficient (Wildman–Crippen LogP) is 1.33. The van der Waals surface area contributed by atoms with E-state index in [0.29, 0.717) is 0 Å². The van der Waals surface area contributed by atoms with Crippen molar-refractivity contribution < 1.29 is 0 Å². The van der Waals surface area contributed by atoms with Gasteiger partial charge in [-0.3, -0.25) is 4.90 Å². The molecule has 0 aliphatic carbocycles. The minimum atomic E-state index is -0.287. The summed E-state index contributed by atoms with van der Waals surface area (Å²) in [6.07, 6.45) is 0. The molecule has 1 saturated heterocycles. The first-order valence-corrected chi connectivity index (χ1v) is 5.51. The van der Waals surface area contributed by atoms with Crippen molar-refractivity contribution >= 4 is 0 Å². The van der Waals surface area contributed by atoms with Gasteiger partial charge < -0.3 is 4.90 Å². The summed E-state index contributed by atoms with van der Waals surface area (Å²) in [5, 5.41) is 9.28. The molecule has 3 heteroatoms. The molecule has 0 spiro atoms. The Balaban J connectivity index is 2.04. The van der Waals surface area contributed by atoms with Gasteiger partial charge >= 0.3 is 0 Å². The number of likely N-dealkylation sites (tertiary alicyclic amines) is 1. The zero-order valence-corrected chi connectivity index (χ0v) is 9.85. The number of hydrogen-bond donors (Lipinski definition) is 0. The smallest absolute Gasteiger partial charge is 0.134 e. The van der Waals surface area contributed by atoms with Gasteiger partial charge in [0.25, 0.3) is 0 Å². The summed E-state index contributed by atoms with van der Waals surface area (Å²) in [7, 11) is 4.08. The van der Waals surface area contributed by atoms with E-state index in [2.05, 4.69) is 28.0 Å². The molecule has 0 atom stereocenters. The SMILES string of the molecule is CN1CC(C#N)(N(C)Cc2ccccc2)C1. The van der Waals surface area contributed by atoms with Gasteiger partial charge in [0, 0.05) is 19.6 Å². The lowest BCUT2D eigenvalue weighted by atomic mass is 9.90. The minimum Gasteiger partial charge on any atom is -0.300 e. The zero-order chi connectivity index (χ0) is 11.6. The lowest BCUT2D eigenvalue weighted by Gasteiger charge is -2.48. The molecule has 84 valence electrons. The highest BCUT2D eigenvalue weighted by Crippen LogP contribution is 2.26. The maximum Gasteiger partial charge on any atom is 0.134 e. The topological polar surface area (TPSA) is 30.3 Å². The van der Waals surface area contributed by atoms with Gasteiger partial charge in [0.15, 0.2) is 0 Å². The van der Waals surface area contributed by atoms with E-state index in [1.807, 2.05) is 32.3 Å². The second-order valence-corrected chi connectivity index (χ2v) is 4.66. The maximum absolute atomic E-state index is 9.28. The molecule has 1 aromatic carbocycles. The quantitative estimate of drug-likeness (QED) is 0.762. The molecule has 1 aliphatic rings. The van der Waals surface area contributed by atoms with Crippen LogP contribution in [0.3, 0.4) is 0 Å². The van der Waals surface area contributed by atoms with Gasteiger partial charge in [-0.15, -0.1) is 0 Å². The third-order valence-corrected chi connectivity index (χ3v) is 3.26. The van der Waals surface area contributed by atoms with Gasteiger partial charge in [0.05, 0.1) is 6.07 Å². The number of likely N-dealkylation sites (N-methyl/N-ethyl adjacent to an activating group) is 2. The van der Waals surface area contributed by atoms with Crippen molar-refractivity contribution in [2.75, 3.05) is 27.2 Å². The Morgan fingerprint density at radius 1 is 1.38 bits per heavy atom. The summed E-state index contributed by atoms with van der Waals surface area (Å²) in [6, 6.07) is 12.7. The molecule has 1 aromatic rings. The van der Waals surface area contributed by atoms with Crippen LogP contribution < -0.4 is 0 Å². The lowest BCUT2D eigenvalue weighted by Crippen LogP contribution is -2.67. The Morgan fingerprint density at radius 3 is 2.50 bits per heavy atom. The number of hydrogen-bond acceptors (Lipinski definition) is 3. The van der Waals surface area contributed by atoms with E-state index in [1.165, 1.54) is 5.56 Å². The summed E-state index contributed by atoms with van der Waals surface area (Å²) in [6.45, 7) is 2.52. The molecular weight excluding hydrogens is 198 g/mol. The Morgan fingerprint density at radius 2 is 2.00 bits per heavy atom. The molecule has 1 heterocycles. The number of nitriles is 1. The maximum atomic E-state index is 9.28. The predicted molar refractivity (Wildman–Crippen MR) is 63.8 cm³/mol. The monoisotopic (exact) mass is 215 g/mol. The average Bonchev–Trinajstić information content (AvgIpc) is 2.25. The Hall–Kier alpha value is -1.37. The third-order valence-electron chi connectivity index (χ3n) is 3.26. The fourth-order valence-corrected chi connectivity index (χ4v) is 2.25. The zero-order valence-electron chi connectivity index (χ0n) is 9.85. The number of benzene rings is 1.